The van der Waals surface area contributed by atoms with Crippen molar-refractivity contribution in [1.29, 1.82) is 0 Å². The molecule has 3 unspecified atom stereocenters. The highest BCUT2D eigenvalue weighted by Crippen LogP contribution is 2.42. The molecular formula is C47H39Cl2N5O6S2. The number of anilines is 1. The molecule has 1 saturated heterocycles. The Bertz CT molecular complexity index is 2500. The fourth-order valence-corrected chi connectivity index (χ4v) is 10.6. The number of nitrogens with one attached hydrogen (secondary N) is 2. The predicted molar refractivity (Wildman–Crippen MR) is 242 cm³/mol. The van der Waals surface area contributed by atoms with E-state index in [9.17, 15) is 18.6 Å². The Morgan fingerprint density at radius 1 is 0.839 bits per heavy atom. The highest BCUT2D eigenvalue weighted by Gasteiger charge is 2.58. The zero-order chi connectivity index (χ0) is 43.2. The molecule has 1 aromatic heterocycles. The zero-order valence-corrected chi connectivity index (χ0v) is 36.2. The van der Waals surface area contributed by atoms with Crippen LogP contribution in [0.15, 0.2) is 173 Å². The van der Waals surface area contributed by atoms with Crippen molar-refractivity contribution in [3.63, 3.8) is 0 Å². The van der Waals surface area contributed by atoms with E-state index >= 15 is 0 Å². The second kappa shape index (κ2) is 18.9. The summed E-state index contributed by atoms with van der Waals surface area (Å²) in [6, 6.07) is 47.0. The first-order chi connectivity index (χ1) is 30.2. The first-order valence-corrected chi connectivity index (χ1v) is 22.7. The normalized spacial score (nSPS) is 17.6. The van der Waals surface area contributed by atoms with Crippen molar-refractivity contribution in [2.75, 3.05) is 18.2 Å². The summed E-state index contributed by atoms with van der Waals surface area (Å²) in [7, 11) is -0.483. The maximum atomic E-state index is 14.3. The van der Waals surface area contributed by atoms with E-state index in [0.29, 0.717) is 21.8 Å². The fourth-order valence-electron chi connectivity index (χ4n) is 7.82. The number of amides is 2. The number of fused-ring (bicyclic) bond motifs is 1. The monoisotopic (exact) mass is 903 g/mol. The number of ether oxygens (including phenoxy) is 1. The van der Waals surface area contributed by atoms with Crippen LogP contribution < -0.4 is 10.6 Å². The van der Waals surface area contributed by atoms with E-state index in [1.807, 2.05) is 152 Å². The van der Waals surface area contributed by atoms with Gasteiger partial charge in [-0.25, -0.2) is 9.78 Å². The number of halogens is 2. The standard InChI is InChI=1S/C47H39Cl2N5O6S2/c1-59-53-38(36-28-61-46(50-36)52-47(33-21-11-4-12-22-33,34-23-13-5-14-24-34)35-25-15-6-16-26-35)42(55)51-39-43(56)54-40(32(27-37(48)49)29-62(58)44(39)54)45(57)60-41(30-17-7-2-8-18-30)31-19-9-3-10-20-31/h2-26,28,37,39,41,44H,27,29H2,1H3,(H,50,52)(H,51,55). The van der Waals surface area contributed by atoms with Crippen LogP contribution in [0.5, 0.6) is 0 Å². The molecule has 1 fully saturated rings. The van der Waals surface area contributed by atoms with Crippen LogP contribution in [0.1, 0.15) is 46.0 Å². The van der Waals surface area contributed by atoms with Gasteiger partial charge in [0.1, 0.15) is 40.3 Å². The number of β-lactam (4-membered cyclic amide) rings is 1. The van der Waals surface area contributed by atoms with Gasteiger partial charge >= 0.3 is 5.97 Å². The summed E-state index contributed by atoms with van der Waals surface area (Å²) in [5, 5.41) is 11.4. The summed E-state index contributed by atoms with van der Waals surface area (Å²) in [5.41, 5.74) is 3.52. The lowest BCUT2D eigenvalue weighted by molar-refractivity contribution is -0.154. The van der Waals surface area contributed by atoms with Gasteiger partial charge in [0.15, 0.2) is 16.9 Å². The van der Waals surface area contributed by atoms with Gasteiger partial charge in [-0.05, 0) is 33.4 Å². The molecule has 2 amide bonds. The second-order valence-electron chi connectivity index (χ2n) is 14.4. The van der Waals surface area contributed by atoms with Gasteiger partial charge in [-0.3, -0.25) is 18.7 Å². The number of oxime groups is 1. The minimum Gasteiger partial charge on any atom is -0.448 e. The molecule has 0 radical (unpaired) electrons. The van der Waals surface area contributed by atoms with E-state index in [0.717, 1.165) is 21.6 Å². The molecule has 15 heteroatoms. The number of hydrogen-bond donors (Lipinski definition) is 2. The van der Waals surface area contributed by atoms with Crippen LogP contribution in [0.3, 0.4) is 0 Å². The number of hydrogen-bond acceptors (Lipinski definition) is 10. The van der Waals surface area contributed by atoms with E-state index in [1.54, 1.807) is 5.38 Å². The van der Waals surface area contributed by atoms with Crippen molar-refractivity contribution < 1.29 is 28.2 Å². The molecule has 62 heavy (non-hydrogen) atoms. The van der Waals surface area contributed by atoms with Crippen LogP contribution in [0, 0.1) is 0 Å². The van der Waals surface area contributed by atoms with Gasteiger partial charge in [-0.1, -0.05) is 157 Å². The van der Waals surface area contributed by atoms with Crippen molar-refractivity contribution in [1.82, 2.24) is 15.2 Å². The maximum Gasteiger partial charge on any atom is 0.356 e. The van der Waals surface area contributed by atoms with E-state index in [2.05, 4.69) is 15.8 Å². The Kier molecular flexibility index (Phi) is 13.0. The third-order valence-electron chi connectivity index (χ3n) is 10.6. The number of carbonyl (C=O) groups is 3. The number of thiazole rings is 1. The SMILES string of the molecule is CON=C(C(=O)NC1C(=O)N2C(C(=O)OC(c3ccccc3)c3ccccc3)=C(CC(Cl)Cl)CS(=O)C12)c1csc(NC(c2ccccc2)(c2ccccc2)c2ccccc2)n1. The molecular weight excluding hydrogens is 866 g/mol. The molecule has 0 spiro atoms. The van der Waals surface area contributed by atoms with E-state index in [1.165, 1.54) is 18.4 Å². The average Bonchev–Trinajstić information content (AvgIpc) is 3.77. The zero-order valence-electron chi connectivity index (χ0n) is 33.1. The molecule has 0 aliphatic carbocycles. The minimum atomic E-state index is -1.77. The van der Waals surface area contributed by atoms with Crippen molar-refractivity contribution in [3.8, 4) is 0 Å². The molecule has 5 aromatic carbocycles. The summed E-state index contributed by atoms with van der Waals surface area (Å²) < 4.78 is 20.1. The van der Waals surface area contributed by atoms with Crippen LogP contribution in [-0.2, 0) is 40.3 Å². The molecule has 2 N–H and O–H groups in total. The number of rotatable bonds is 15. The van der Waals surface area contributed by atoms with Crippen LogP contribution >= 0.6 is 34.5 Å². The van der Waals surface area contributed by atoms with Gasteiger partial charge in [0.25, 0.3) is 11.8 Å². The molecule has 6 aromatic rings. The van der Waals surface area contributed by atoms with E-state index in [-0.39, 0.29) is 29.3 Å². The fraction of sp³-hybridized carbons (Fsp3) is 0.170. The minimum absolute atomic E-state index is 0.0426. The summed E-state index contributed by atoms with van der Waals surface area (Å²) in [6.45, 7) is 0. The third-order valence-corrected chi connectivity index (χ3v) is 13.3. The molecule has 0 saturated carbocycles. The third kappa shape index (κ3) is 8.53. The van der Waals surface area contributed by atoms with E-state index < -0.39 is 56.5 Å². The number of alkyl halides is 2. The maximum absolute atomic E-state index is 14.3. The molecule has 314 valence electrons. The Morgan fingerprint density at radius 3 is 1.82 bits per heavy atom. The Hall–Kier alpha value is -6.12. The van der Waals surface area contributed by atoms with Crippen LogP contribution in [0.25, 0.3) is 0 Å². The number of nitrogens with zero attached hydrogens (tertiary/aromatic N) is 3. The lowest BCUT2D eigenvalue weighted by Gasteiger charge is -2.49. The van der Waals surface area contributed by atoms with Crippen molar-refractivity contribution in [2.24, 2.45) is 5.16 Å². The number of aromatic nitrogens is 1. The van der Waals surface area contributed by atoms with E-state index in [4.69, 9.17) is 37.8 Å². The summed E-state index contributed by atoms with van der Waals surface area (Å²) in [5.74, 6) is -2.43. The Morgan fingerprint density at radius 2 is 1.34 bits per heavy atom. The lowest BCUT2D eigenvalue weighted by Crippen LogP contribution is -2.74. The lowest BCUT2D eigenvalue weighted by atomic mass is 9.77. The quantitative estimate of drug-likeness (QED) is 0.0264. The van der Waals surface area contributed by atoms with Crippen LogP contribution in [0.4, 0.5) is 5.13 Å². The number of esters is 1. The van der Waals surface area contributed by atoms with Crippen molar-refractivity contribution in [3.05, 3.63) is 202 Å². The van der Waals surface area contributed by atoms with Gasteiger partial charge in [0.2, 0.25) is 0 Å². The number of carbonyl (C=O) groups excluding carboxylic acids is 3. The van der Waals surface area contributed by atoms with Gasteiger partial charge < -0.3 is 20.2 Å². The Balaban J connectivity index is 1.07. The predicted octanol–water partition coefficient (Wildman–Crippen LogP) is 8.09. The molecule has 2 aliphatic heterocycles. The molecule has 0 bridgehead atoms. The van der Waals surface area contributed by atoms with Crippen molar-refractivity contribution >= 4 is 74.0 Å². The summed E-state index contributed by atoms with van der Waals surface area (Å²) in [6.07, 6.45) is -0.873. The second-order valence-corrected chi connectivity index (χ2v) is 18.0. The first kappa shape index (κ1) is 42.6. The molecule has 8 rings (SSSR count). The van der Waals surface area contributed by atoms with Gasteiger partial charge in [0, 0.05) is 17.6 Å². The average molecular weight is 905 g/mol. The topological polar surface area (TPSA) is 139 Å². The molecule has 3 atom stereocenters. The van der Waals surface area contributed by atoms with Gasteiger partial charge in [-0.15, -0.1) is 34.5 Å². The summed E-state index contributed by atoms with van der Waals surface area (Å²) in [4.78, 5) is 52.6. The Labute approximate surface area is 374 Å². The molecule has 3 heterocycles. The molecule has 2 aliphatic rings. The number of benzene rings is 5. The smallest absolute Gasteiger partial charge is 0.356 e. The molecule has 11 nitrogen and oxygen atoms in total. The van der Waals surface area contributed by atoms with Gasteiger partial charge in [-0.2, -0.15) is 0 Å². The highest BCUT2D eigenvalue weighted by atomic mass is 35.5. The van der Waals surface area contributed by atoms with Gasteiger partial charge in [0.05, 0.1) is 10.8 Å². The first-order valence-electron chi connectivity index (χ1n) is 19.5. The largest absolute Gasteiger partial charge is 0.448 e. The van der Waals surface area contributed by atoms with Crippen LogP contribution in [0.2, 0.25) is 0 Å². The van der Waals surface area contributed by atoms with Crippen molar-refractivity contribution in [2.45, 2.75) is 34.3 Å². The summed E-state index contributed by atoms with van der Waals surface area (Å²) >= 11 is 13.7. The highest BCUT2D eigenvalue weighted by molar-refractivity contribution is 7.86. The van der Waals surface area contributed by atoms with Crippen LogP contribution in [-0.4, -0.2) is 66.7 Å².